The minimum Gasteiger partial charge on any atom is -0.341 e. The molecular weight excluding hydrogens is 218 g/mol. The maximum Gasteiger partial charge on any atom is 0.332 e. The Morgan fingerprint density at radius 1 is 1.18 bits per heavy atom. The van der Waals surface area contributed by atoms with Crippen LogP contribution in [0.15, 0.2) is 30.3 Å². The van der Waals surface area contributed by atoms with Gasteiger partial charge in [-0.1, -0.05) is 38.0 Å². The molecule has 4 nitrogen and oxygen atoms in total. The highest BCUT2D eigenvalue weighted by molar-refractivity contribution is 5.94. The molecule has 1 rings (SSSR count). The first-order valence-electron chi connectivity index (χ1n) is 5.79. The molecule has 0 aliphatic carbocycles. The standard InChI is InChI=1S/C13H17NO3/c1-2-3-5-10-12(15)17-14-13(16)11-8-6-4-7-9-11/h4,6-9H,2-3,5,10H2,1H3,(H,14,16). The molecule has 1 aromatic rings. The van der Waals surface area contributed by atoms with Gasteiger partial charge in [-0.05, 0) is 18.6 Å². The average Bonchev–Trinajstić information content (AvgIpc) is 2.37. The molecule has 17 heavy (non-hydrogen) atoms. The van der Waals surface area contributed by atoms with Crippen LogP contribution in [0.2, 0.25) is 0 Å². The smallest absolute Gasteiger partial charge is 0.332 e. The number of hydroxylamine groups is 1. The fraction of sp³-hybridized carbons (Fsp3) is 0.385. The van der Waals surface area contributed by atoms with E-state index in [9.17, 15) is 9.59 Å². The molecule has 1 amide bonds. The van der Waals surface area contributed by atoms with Crippen molar-refractivity contribution in [3.05, 3.63) is 35.9 Å². The first-order valence-corrected chi connectivity index (χ1v) is 5.79. The Bertz CT molecular complexity index is 362. The van der Waals surface area contributed by atoms with E-state index in [0.717, 1.165) is 19.3 Å². The Morgan fingerprint density at radius 3 is 2.53 bits per heavy atom. The lowest BCUT2D eigenvalue weighted by Gasteiger charge is -2.05. The Hall–Kier alpha value is -1.84. The number of unbranched alkanes of at least 4 members (excludes halogenated alkanes) is 2. The molecule has 0 aliphatic rings. The SMILES string of the molecule is CCCCCC(=O)ONC(=O)c1ccccc1. The van der Waals surface area contributed by atoms with Crippen molar-refractivity contribution in [1.82, 2.24) is 5.48 Å². The van der Waals surface area contributed by atoms with Gasteiger partial charge in [0, 0.05) is 12.0 Å². The highest BCUT2D eigenvalue weighted by Gasteiger charge is 2.07. The minimum absolute atomic E-state index is 0.336. The lowest BCUT2D eigenvalue weighted by molar-refractivity contribution is -0.149. The molecule has 1 N–H and O–H groups in total. The van der Waals surface area contributed by atoms with Gasteiger partial charge in [0.15, 0.2) is 0 Å². The molecule has 1 aromatic carbocycles. The van der Waals surface area contributed by atoms with Crippen molar-refractivity contribution in [2.24, 2.45) is 0 Å². The van der Waals surface area contributed by atoms with Crippen molar-refractivity contribution >= 4 is 11.9 Å². The molecule has 0 fully saturated rings. The van der Waals surface area contributed by atoms with Gasteiger partial charge >= 0.3 is 5.97 Å². The average molecular weight is 235 g/mol. The number of nitrogens with one attached hydrogen (secondary N) is 1. The monoisotopic (exact) mass is 235 g/mol. The van der Waals surface area contributed by atoms with Gasteiger partial charge in [-0.25, -0.2) is 4.79 Å². The largest absolute Gasteiger partial charge is 0.341 e. The van der Waals surface area contributed by atoms with E-state index in [1.54, 1.807) is 24.3 Å². The summed E-state index contributed by atoms with van der Waals surface area (Å²) < 4.78 is 0. The molecule has 0 aliphatic heterocycles. The zero-order chi connectivity index (χ0) is 12.5. The molecule has 0 atom stereocenters. The van der Waals surface area contributed by atoms with E-state index in [1.807, 2.05) is 6.07 Å². The highest BCUT2D eigenvalue weighted by Crippen LogP contribution is 2.01. The third kappa shape index (κ3) is 5.15. The number of benzene rings is 1. The normalized spacial score (nSPS) is 9.71. The van der Waals surface area contributed by atoms with Crippen molar-refractivity contribution in [3.63, 3.8) is 0 Å². The second-order valence-electron chi connectivity index (χ2n) is 3.73. The molecule has 0 heterocycles. The van der Waals surface area contributed by atoms with Gasteiger partial charge in [0.05, 0.1) is 0 Å². The summed E-state index contributed by atoms with van der Waals surface area (Å²) in [7, 11) is 0. The number of carbonyl (C=O) groups is 2. The van der Waals surface area contributed by atoms with E-state index in [4.69, 9.17) is 0 Å². The predicted molar refractivity (Wildman–Crippen MR) is 64.1 cm³/mol. The Morgan fingerprint density at radius 2 is 1.88 bits per heavy atom. The molecule has 0 radical (unpaired) electrons. The number of carbonyl (C=O) groups excluding carboxylic acids is 2. The van der Waals surface area contributed by atoms with Crippen LogP contribution in [0, 0.1) is 0 Å². The summed E-state index contributed by atoms with van der Waals surface area (Å²) >= 11 is 0. The first kappa shape index (κ1) is 13.2. The van der Waals surface area contributed by atoms with Gasteiger partial charge in [-0.2, -0.15) is 5.48 Å². The van der Waals surface area contributed by atoms with Crippen LogP contribution in [0.1, 0.15) is 43.0 Å². The second kappa shape index (κ2) is 7.44. The van der Waals surface area contributed by atoms with Crippen LogP contribution in [0.5, 0.6) is 0 Å². The maximum absolute atomic E-state index is 11.5. The van der Waals surface area contributed by atoms with Crippen molar-refractivity contribution in [1.29, 1.82) is 0 Å². The van der Waals surface area contributed by atoms with Crippen LogP contribution >= 0.6 is 0 Å². The van der Waals surface area contributed by atoms with Crippen molar-refractivity contribution in [2.45, 2.75) is 32.6 Å². The third-order valence-corrected chi connectivity index (χ3v) is 2.28. The topological polar surface area (TPSA) is 55.4 Å². The molecule has 0 aromatic heterocycles. The second-order valence-corrected chi connectivity index (χ2v) is 3.73. The maximum atomic E-state index is 11.5. The molecule has 92 valence electrons. The third-order valence-electron chi connectivity index (χ3n) is 2.28. The Balaban J connectivity index is 2.26. The lowest BCUT2D eigenvalue weighted by Crippen LogP contribution is -2.26. The molecule has 0 saturated carbocycles. The van der Waals surface area contributed by atoms with Gasteiger partial charge in [-0.15, -0.1) is 0 Å². The van der Waals surface area contributed by atoms with E-state index in [0.29, 0.717) is 12.0 Å². The summed E-state index contributed by atoms with van der Waals surface area (Å²) in [6.45, 7) is 2.06. The van der Waals surface area contributed by atoms with Crippen molar-refractivity contribution < 1.29 is 14.4 Å². The van der Waals surface area contributed by atoms with Crippen molar-refractivity contribution in [2.75, 3.05) is 0 Å². The number of hydrogen-bond donors (Lipinski definition) is 1. The fourth-order valence-corrected chi connectivity index (χ4v) is 1.32. The number of hydrogen-bond acceptors (Lipinski definition) is 3. The lowest BCUT2D eigenvalue weighted by atomic mass is 10.2. The summed E-state index contributed by atoms with van der Waals surface area (Å²) in [4.78, 5) is 27.4. The van der Waals surface area contributed by atoms with Gasteiger partial charge in [0.25, 0.3) is 5.91 Å². The Labute approximate surface area is 101 Å². The molecule has 4 heteroatoms. The molecule has 0 saturated heterocycles. The van der Waals surface area contributed by atoms with E-state index < -0.39 is 11.9 Å². The van der Waals surface area contributed by atoms with Gasteiger partial charge in [-0.3, -0.25) is 4.79 Å². The molecule has 0 spiro atoms. The molecule has 0 bridgehead atoms. The number of rotatable bonds is 5. The van der Waals surface area contributed by atoms with Gasteiger partial charge < -0.3 is 4.84 Å². The van der Waals surface area contributed by atoms with Gasteiger partial charge in [0.1, 0.15) is 0 Å². The van der Waals surface area contributed by atoms with E-state index in [-0.39, 0.29) is 0 Å². The predicted octanol–water partition coefficient (Wildman–Crippen LogP) is 2.45. The molecular formula is C13H17NO3. The van der Waals surface area contributed by atoms with Crippen LogP contribution in [0.4, 0.5) is 0 Å². The van der Waals surface area contributed by atoms with Gasteiger partial charge in [0.2, 0.25) is 0 Å². The number of amides is 1. The Kier molecular flexibility index (Phi) is 5.79. The van der Waals surface area contributed by atoms with E-state index in [2.05, 4.69) is 17.2 Å². The highest BCUT2D eigenvalue weighted by atomic mass is 16.7. The summed E-state index contributed by atoms with van der Waals surface area (Å²) in [6.07, 6.45) is 3.16. The van der Waals surface area contributed by atoms with Crippen LogP contribution in [-0.2, 0) is 9.63 Å². The van der Waals surface area contributed by atoms with Crippen LogP contribution < -0.4 is 5.48 Å². The summed E-state index contributed by atoms with van der Waals surface area (Å²) in [6, 6.07) is 8.62. The van der Waals surface area contributed by atoms with Crippen LogP contribution in [-0.4, -0.2) is 11.9 Å². The minimum atomic E-state index is -0.408. The van der Waals surface area contributed by atoms with E-state index in [1.165, 1.54) is 0 Å². The molecule has 0 unspecified atom stereocenters. The van der Waals surface area contributed by atoms with Crippen LogP contribution in [0.3, 0.4) is 0 Å². The quantitative estimate of drug-likeness (QED) is 0.630. The fourth-order valence-electron chi connectivity index (χ4n) is 1.32. The zero-order valence-corrected chi connectivity index (χ0v) is 9.94. The summed E-state index contributed by atoms with van der Waals surface area (Å²) in [5, 5.41) is 0. The van der Waals surface area contributed by atoms with Crippen LogP contribution in [0.25, 0.3) is 0 Å². The summed E-state index contributed by atoms with van der Waals surface area (Å²) in [5.41, 5.74) is 2.60. The van der Waals surface area contributed by atoms with E-state index >= 15 is 0 Å². The van der Waals surface area contributed by atoms with Crippen molar-refractivity contribution in [3.8, 4) is 0 Å². The zero-order valence-electron chi connectivity index (χ0n) is 9.94. The first-order chi connectivity index (χ1) is 8.24. The summed E-state index contributed by atoms with van der Waals surface area (Å²) in [5.74, 6) is -0.808.